The Balaban J connectivity index is 1.11. The molecule has 10 nitrogen and oxygen atoms in total. The molecule has 0 saturated carbocycles. The lowest BCUT2D eigenvalue weighted by molar-refractivity contribution is 0.317. The molecular weight excluding hydrogens is 478 g/mol. The topological polar surface area (TPSA) is 100.0 Å². The molecule has 0 aliphatic heterocycles. The van der Waals surface area contributed by atoms with Crippen LogP contribution in [0.15, 0.2) is 86.0 Å². The number of nitrogens with one attached hydrogen (secondary N) is 1. The van der Waals surface area contributed by atoms with Gasteiger partial charge in [-0.1, -0.05) is 24.3 Å². The minimum atomic E-state index is 0.543. The average molecular weight is 506 g/mol. The van der Waals surface area contributed by atoms with Gasteiger partial charge in [-0.25, -0.2) is 19.9 Å². The Hall–Kier alpha value is -4.99. The van der Waals surface area contributed by atoms with Crippen LogP contribution >= 0.6 is 0 Å². The largest absolute Gasteiger partial charge is 0.493 e. The van der Waals surface area contributed by atoms with Crippen LogP contribution in [-0.4, -0.2) is 45.3 Å². The van der Waals surface area contributed by atoms with Crippen LogP contribution < -0.4 is 10.1 Å². The van der Waals surface area contributed by atoms with E-state index in [1.54, 1.807) is 17.2 Å². The molecule has 190 valence electrons. The number of nitrogens with zero attached hydrogens (tertiary/aromatic N) is 8. The second-order valence-electron chi connectivity index (χ2n) is 9.03. The number of fused-ring (bicyclic) bond motifs is 1. The maximum absolute atomic E-state index is 5.94. The quantitative estimate of drug-likeness (QED) is 0.315. The number of benzene rings is 1. The maximum atomic E-state index is 5.94. The Morgan fingerprint density at radius 1 is 0.895 bits per heavy atom. The van der Waals surface area contributed by atoms with Gasteiger partial charge in [0.1, 0.15) is 29.4 Å². The number of hydrogen-bond donors (Lipinski definition) is 1. The first-order chi connectivity index (χ1) is 18.6. The normalized spacial score (nSPS) is 11.2. The fourth-order valence-electron chi connectivity index (χ4n) is 4.31. The molecule has 0 spiro atoms. The van der Waals surface area contributed by atoms with Gasteiger partial charge in [0.05, 0.1) is 30.4 Å². The van der Waals surface area contributed by atoms with E-state index >= 15 is 0 Å². The van der Waals surface area contributed by atoms with Gasteiger partial charge in [0, 0.05) is 69.5 Å². The summed E-state index contributed by atoms with van der Waals surface area (Å²) >= 11 is 0. The Morgan fingerprint density at radius 3 is 2.58 bits per heavy atom. The fourth-order valence-corrected chi connectivity index (χ4v) is 4.31. The number of ether oxygens (including phenoxy) is 1. The van der Waals surface area contributed by atoms with Gasteiger partial charge in [-0.3, -0.25) is 9.08 Å². The van der Waals surface area contributed by atoms with Crippen LogP contribution in [0.4, 0.5) is 5.82 Å². The Labute approximate surface area is 219 Å². The van der Waals surface area contributed by atoms with E-state index in [1.807, 2.05) is 72.2 Å². The molecule has 1 N–H and O–H groups in total. The third-order valence-electron chi connectivity index (χ3n) is 6.40. The molecule has 6 rings (SSSR count). The van der Waals surface area contributed by atoms with E-state index in [1.165, 1.54) is 0 Å². The molecule has 0 unspecified atom stereocenters. The van der Waals surface area contributed by atoms with Gasteiger partial charge < -0.3 is 14.6 Å². The van der Waals surface area contributed by atoms with E-state index in [0.717, 1.165) is 57.5 Å². The molecule has 0 amide bonds. The van der Waals surface area contributed by atoms with Crippen molar-refractivity contribution in [2.45, 2.75) is 13.0 Å². The Bertz CT molecular complexity index is 1680. The average Bonchev–Trinajstić information content (AvgIpc) is 3.68. The van der Waals surface area contributed by atoms with Crippen LogP contribution in [0.5, 0.6) is 5.75 Å². The van der Waals surface area contributed by atoms with Crippen molar-refractivity contribution in [1.82, 2.24) is 38.7 Å². The third kappa shape index (κ3) is 4.96. The van der Waals surface area contributed by atoms with E-state index in [9.17, 15) is 0 Å². The maximum Gasteiger partial charge on any atom is 0.140 e. The molecule has 10 heteroatoms. The van der Waals surface area contributed by atoms with Crippen LogP contribution in [0.25, 0.3) is 28.2 Å². The van der Waals surface area contributed by atoms with Gasteiger partial charge >= 0.3 is 0 Å². The monoisotopic (exact) mass is 505 g/mol. The highest BCUT2D eigenvalue weighted by molar-refractivity contribution is 5.64. The first-order valence-electron chi connectivity index (χ1n) is 12.3. The van der Waals surface area contributed by atoms with Crippen molar-refractivity contribution < 1.29 is 4.74 Å². The van der Waals surface area contributed by atoms with E-state index in [2.05, 4.69) is 54.6 Å². The van der Waals surface area contributed by atoms with Gasteiger partial charge in [-0.05, 0) is 17.2 Å². The number of aryl methyl sites for hydroxylation is 2. The summed E-state index contributed by atoms with van der Waals surface area (Å²) in [6.45, 7) is 1.19. The van der Waals surface area contributed by atoms with Crippen LogP contribution in [0.2, 0.25) is 0 Å². The van der Waals surface area contributed by atoms with Crippen molar-refractivity contribution in [2.75, 3.05) is 11.9 Å². The van der Waals surface area contributed by atoms with E-state index in [4.69, 9.17) is 4.74 Å². The Morgan fingerprint density at radius 2 is 1.79 bits per heavy atom. The molecule has 0 aliphatic carbocycles. The van der Waals surface area contributed by atoms with Gasteiger partial charge in [-0.15, -0.1) is 0 Å². The molecule has 0 atom stereocenters. The van der Waals surface area contributed by atoms with Crippen molar-refractivity contribution >= 4 is 11.5 Å². The lowest BCUT2D eigenvalue weighted by Gasteiger charge is -2.09. The highest BCUT2D eigenvalue weighted by atomic mass is 16.5. The molecule has 1 aromatic carbocycles. The lowest BCUT2D eigenvalue weighted by atomic mass is 10.1. The lowest BCUT2D eigenvalue weighted by Crippen LogP contribution is -2.06. The van der Waals surface area contributed by atoms with Crippen molar-refractivity contribution in [1.29, 1.82) is 0 Å². The minimum absolute atomic E-state index is 0.543. The molecule has 0 fully saturated rings. The van der Waals surface area contributed by atoms with E-state index in [0.29, 0.717) is 13.2 Å². The summed E-state index contributed by atoms with van der Waals surface area (Å²) in [5.41, 5.74) is 5.85. The zero-order valence-corrected chi connectivity index (χ0v) is 21.2. The predicted molar refractivity (Wildman–Crippen MR) is 145 cm³/mol. The second kappa shape index (κ2) is 10.2. The molecule has 0 aliphatic rings. The van der Waals surface area contributed by atoms with E-state index < -0.39 is 0 Å². The number of rotatable bonds is 9. The molecule has 0 saturated heterocycles. The molecule has 6 aromatic rings. The summed E-state index contributed by atoms with van der Waals surface area (Å²) in [5, 5.41) is 7.64. The first kappa shape index (κ1) is 23.4. The number of aromatic nitrogens is 8. The zero-order chi connectivity index (χ0) is 25.9. The Kier molecular flexibility index (Phi) is 6.27. The molecule has 0 bridgehead atoms. The fraction of sp³-hybridized carbons (Fsp3) is 0.179. The zero-order valence-electron chi connectivity index (χ0n) is 21.2. The van der Waals surface area contributed by atoms with Crippen LogP contribution in [0.1, 0.15) is 11.4 Å². The summed E-state index contributed by atoms with van der Waals surface area (Å²) in [6.07, 6.45) is 13.7. The minimum Gasteiger partial charge on any atom is -0.493 e. The summed E-state index contributed by atoms with van der Waals surface area (Å²) in [6, 6.07) is 14.2. The van der Waals surface area contributed by atoms with Gasteiger partial charge in [0.2, 0.25) is 0 Å². The van der Waals surface area contributed by atoms with Crippen molar-refractivity contribution in [2.24, 2.45) is 14.1 Å². The van der Waals surface area contributed by atoms with Crippen LogP contribution in [-0.2, 0) is 27.1 Å². The van der Waals surface area contributed by atoms with Gasteiger partial charge in [0.25, 0.3) is 0 Å². The number of imidazole rings is 2. The molecule has 38 heavy (non-hydrogen) atoms. The van der Waals surface area contributed by atoms with Crippen molar-refractivity contribution in [3.8, 4) is 28.3 Å². The van der Waals surface area contributed by atoms with Crippen LogP contribution in [0, 0.1) is 0 Å². The molecule has 5 heterocycles. The van der Waals surface area contributed by atoms with Gasteiger partial charge in [-0.2, -0.15) is 5.10 Å². The highest BCUT2D eigenvalue weighted by Crippen LogP contribution is 2.24. The number of hydrogen-bond acceptors (Lipinski definition) is 7. The number of anilines is 1. The second-order valence-corrected chi connectivity index (χ2v) is 9.03. The van der Waals surface area contributed by atoms with E-state index in [-0.39, 0.29) is 0 Å². The standard InChI is InChI=1S/C28H27N9O/c1-35-11-9-29-27(35)8-12-38-23-7-10-37-25(17-31-28(37)13-23)24-14-26(33-19-32-24)30-15-20-3-5-21(6-4-20)22-16-34-36(2)18-22/h3-7,9-11,13-14,16-19H,8,12,15H2,1-2H3,(H,30,32,33). The summed E-state index contributed by atoms with van der Waals surface area (Å²) < 4.78 is 11.7. The van der Waals surface area contributed by atoms with Crippen LogP contribution in [0.3, 0.4) is 0 Å². The smallest absolute Gasteiger partial charge is 0.140 e. The summed E-state index contributed by atoms with van der Waals surface area (Å²) in [5.74, 6) is 2.50. The van der Waals surface area contributed by atoms with Gasteiger partial charge in [0.15, 0.2) is 0 Å². The SMILES string of the molecule is Cn1cc(-c2ccc(CNc3cc(-c4cnc5cc(OCCc6nccn6C)ccn45)ncn3)cc2)cn1. The predicted octanol–water partition coefficient (Wildman–Crippen LogP) is 4.16. The first-order valence-corrected chi connectivity index (χ1v) is 12.3. The van der Waals surface area contributed by atoms with Crippen molar-refractivity contribution in [3.63, 3.8) is 0 Å². The third-order valence-corrected chi connectivity index (χ3v) is 6.40. The van der Waals surface area contributed by atoms with Crippen molar-refractivity contribution in [3.05, 3.63) is 97.4 Å². The summed E-state index contributed by atoms with van der Waals surface area (Å²) in [4.78, 5) is 17.8. The molecule has 0 radical (unpaired) electrons. The number of pyridine rings is 1. The molecular formula is C28H27N9O. The highest BCUT2D eigenvalue weighted by Gasteiger charge is 2.10. The summed E-state index contributed by atoms with van der Waals surface area (Å²) in [7, 11) is 3.90. The molecule has 5 aromatic heterocycles.